The number of rotatable bonds is 12. The molecule has 16 nitrogen and oxygen atoms in total. The van der Waals surface area contributed by atoms with Crippen LogP contribution in [0, 0.1) is 11.8 Å². The highest BCUT2D eigenvalue weighted by molar-refractivity contribution is 5.90. The molecule has 0 spiro atoms. The molecule has 312 valence electrons. The van der Waals surface area contributed by atoms with Gasteiger partial charge in [-0.3, -0.25) is 9.59 Å². The quantitative estimate of drug-likeness (QED) is 0.0499. The van der Waals surface area contributed by atoms with Gasteiger partial charge < -0.3 is 34.7 Å². The molecule has 0 saturated carbocycles. The Morgan fingerprint density at radius 3 is 1.98 bits per heavy atom. The molecule has 2 saturated heterocycles. The number of aliphatic imine (C=N–C) groups is 1. The smallest absolute Gasteiger partial charge is 0.407 e. The van der Waals surface area contributed by atoms with E-state index in [-0.39, 0.29) is 35.7 Å². The summed E-state index contributed by atoms with van der Waals surface area (Å²) < 4.78 is 4.77. The Morgan fingerprint density at radius 1 is 0.767 bits per heavy atom. The third-order valence-electron chi connectivity index (χ3n) is 11.5. The third kappa shape index (κ3) is 7.98. The molecule has 5 heterocycles. The van der Waals surface area contributed by atoms with Gasteiger partial charge in [0.25, 0.3) is 0 Å². The summed E-state index contributed by atoms with van der Waals surface area (Å²) in [7, 11) is 2.68. The Balaban J connectivity index is 0.992. The number of aromatic amines is 2. The summed E-state index contributed by atoms with van der Waals surface area (Å²) in [5.41, 5.74) is 6.95. The standard InChI is InChI=1S/C44H50N10O6/c1-24(2)37(46-23-60-59-6)42(55)53-17-7-9-35(53)40-48-31-15-12-27(20-33(31)50-40)26-11-14-30-29(19-26)22-45-39(47-30)28-13-16-32-34(21-28)51-41(49-32)36-10-8-18-54(36)43(56)38(25(3)4)52-44(57)58-5/h11-16,19-25,35-38H,7-10,17-18H2,1-6H3,(H,48,50)(H,49,51)(H,52,57)/b46-23+/t35-,36-,37-,38?/m0/s1. The van der Waals surface area contributed by atoms with Crippen LogP contribution in [0.4, 0.5) is 4.79 Å². The van der Waals surface area contributed by atoms with E-state index in [4.69, 9.17) is 29.6 Å². The normalized spacial score (nSPS) is 18.1. The van der Waals surface area contributed by atoms with Crippen molar-refractivity contribution in [2.45, 2.75) is 77.5 Å². The minimum atomic E-state index is -0.705. The zero-order chi connectivity index (χ0) is 42.1. The van der Waals surface area contributed by atoms with Crippen molar-refractivity contribution in [3.05, 3.63) is 72.4 Å². The monoisotopic (exact) mass is 814 g/mol. The molecule has 0 radical (unpaired) electrons. The summed E-state index contributed by atoms with van der Waals surface area (Å²) in [6, 6.07) is 16.5. The SMILES string of the molecule is COO/C=N/[C@H](C(=O)N1CCC[C@H]1c1nc2cc(-c3ccc4nc(-c5ccc6[nH]c([C@@H]7CCCN7C(=O)C(NC(=O)OC)C(C)C)nc6c5)ncc4c3)ccc2[nH]1)C(C)C. The van der Waals surface area contributed by atoms with Crippen molar-refractivity contribution < 1.29 is 28.9 Å². The van der Waals surface area contributed by atoms with E-state index in [2.05, 4.69) is 43.4 Å². The third-order valence-corrected chi connectivity index (χ3v) is 11.5. The number of amides is 3. The molecule has 4 atom stereocenters. The van der Waals surface area contributed by atoms with E-state index in [1.807, 2.05) is 75.2 Å². The first-order valence-corrected chi connectivity index (χ1v) is 20.5. The van der Waals surface area contributed by atoms with Gasteiger partial charge in [-0.15, -0.1) is 0 Å². The number of H-pyrrole nitrogens is 2. The van der Waals surface area contributed by atoms with Gasteiger partial charge in [0.05, 0.1) is 53.9 Å². The van der Waals surface area contributed by atoms with Gasteiger partial charge in [-0.1, -0.05) is 39.8 Å². The molecule has 8 rings (SSSR count). The van der Waals surface area contributed by atoms with Crippen LogP contribution in [-0.4, -0.2) is 103 Å². The van der Waals surface area contributed by atoms with E-state index in [0.29, 0.717) is 24.7 Å². The Hall–Kier alpha value is -6.42. The van der Waals surface area contributed by atoms with E-state index < -0.39 is 18.2 Å². The number of ether oxygens (including phenoxy) is 1. The maximum atomic E-state index is 13.7. The second-order valence-corrected chi connectivity index (χ2v) is 16.1. The highest BCUT2D eigenvalue weighted by Crippen LogP contribution is 2.36. The van der Waals surface area contributed by atoms with Gasteiger partial charge in [0.1, 0.15) is 23.7 Å². The maximum absolute atomic E-state index is 13.7. The first kappa shape index (κ1) is 40.4. The lowest BCUT2D eigenvalue weighted by Crippen LogP contribution is -2.51. The lowest BCUT2D eigenvalue weighted by molar-refractivity contribution is -0.188. The number of carbonyl (C=O) groups excluding carboxylic acids is 3. The van der Waals surface area contributed by atoms with Crippen molar-refractivity contribution in [2.24, 2.45) is 16.8 Å². The molecular formula is C44H50N10O6. The van der Waals surface area contributed by atoms with Crippen molar-refractivity contribution in [2.75, 3.05) is 27.3 Å². The molecule has 3 aromatic heterocycles. The Morgan fingerprint density at radius 2 is 1.37 bits per heavy atom. The lowest BCUT2D eigenvalue weighted by atomic mass is 10.0. The number of alkyl carbamates (subject to hydrolysis) is 1. The summed E-state index contributed by atoms with van der Waals surface area (Å²) in [6.07, 6.45) is 5.67. The second kappa shape index (κ2) is 17.0. The van der Waals surface area contributed by atoms with Gasteiger partial charge in [0.15, 0.2) is 5.82 Å². The van der Waals surface area contributed by atoms with Crippen LogP contribution in [0.5, 0.6) is 0 Å². The number of nitrogens with one attached hydrogen (secondary N) is 3. The Kier molecular flexibility index (Phi) is 11.5. The van der Waals surface area contributed by atoms with Crippen molar-refractivity contribution in [3.8, 4) is 22.5 Å². The van der Waals surface area contributed by atoms with E-state index >= 15 is 0 Å². The van der Waals surface area contributed by atoms with Crippen molar-refractivity contribution in [3.63, 3.8) is 0 Å². The van der Waals surface area contributed by atoms with Crippen LogP contribution in [0.3, 0.4) is 0 Å². The van der Waals surface area contributed by atoms with Gasteiger partial charge in [0, 0.05) is 30.2 Å². The lowest BCUT2D eigenvalue weighted by Gasteiger charge is -2.29. The molecule has 6 aromatic rings. The molecule has 2 aliphatic heterocycles. The summed E-state index contributed by atoms with van der Waals surface area (Å²) in [5.74, 6) is 1.69. The Bertz CT molecular complexity index is 2580. The molecule has 2 fully saturated rings. The second-order valence-electron chi connectivity index (χ2n) is 16.1. The molecule has 1 unspecified atom stereocenters. The van der Waals surface area contributed by atoms with Crippen LogP contribution in [0.2, 0.25) is 0 Å². The number of fused-ring (bicyclic) bond motifs is 3. The fourth-order valence-corrected chi connectivity index (χ4v) is 8.37. The van der Waals surface area contributed by atoms with Crippen LogP contribution in [0.25, 0.3) is 55.5 Å². The van der Waals surface area contributed by atoms with Gasteiger partial charge in [-0.05, 0) is 91.1 Å². The zero-order valence-corrected chi connectivity index (χ0v) is 34.6. The average molecular weight is 815 g/mol. The van der Waals surface area contributed by atoms with Gasteiger partial charge in [-0.2, -0.15) is 4.89 Å². The minimum absolute atomic E-state index is 0.0223. The maximum Gasteiger partial charge on any atom is 0.407 e. The molecule has 0 aliphatic carbocycles. The predicted octanol–water partition coefficient (Wildman–Crippen LogP) is 7.05. The molecule has 2 aliphatic rings. The molecule has 60 heavy (non-hydrogen) atoms. The fourth-order valence-electron chi connectivity index (χ4n) is 8.37. The van der Waals surface area contributed by atoms with Crippen LogP contribution in [0.15, 0.2) is 65.8 Å². The summed E-state index contributed by atoms with van der Waals surface area (Å²) in [6.45, 7) is 8.94. The fraction of sp³-hybridized carbons (Fsp3) is 0.409. The van der Waals surface area contributed by atoms with Gasteiger partial charge >= 0.3 is 6.09 Å². The first-order chi connectivity index (χ1) is 29.0. The summed E-state index contributed by atoms with van der Waals surface area (Å²) in [4.78, 5) is 83.2. The van der Waals surface area contributed by atoms with Crippen molar-refractivity contribution in [1.29, 1.82) is 0 Å². The molecule has 3 aromatic carbocycles. The van der Waals surface area contributed by atoms with E-state index in [0.717, 1.165) is 81.2 Å². The van der Waals surface area contributed by atoms with Crippen LogP contribution < -0.4 is 5.32 Å². The van der Waals surface area contributed by atoms with Crippen molar-refractivity contribution >= 4 is 57.3 Å². The number of imidazole rings is 2. The van der Waals surface area contributed by atoms with Crippen LogP contribution >= 0.6 is 0 Å². The van der Waals surface area contributed by atoms with E-state index in [1.54, 1.807) is 4.90 Å². The number of likely N-dealkylation sites (tertiary alicyclic amines) is 2. The van der Waals surface area contributed by atoms with Crippen LogP contribution in [-0.2, 0) is 24.1 Å². The Labute approximate surface area is 347 Å². The molecule has 3 amide bonds. The average Bonchev–Trinajstić information content (AvgIpc) is 4.08. The van der Waals surface area contributed by atoms with E-state index in [1.165, 1.54) is 20.6 Å². The molecule has 16 heteroatoms. The zero-order valence-electron chi connectivity index (χ0n) is 34.6. The minimum Gasteiger partial charge on any atom is -0.453 e. The number of hydrogen-bond donors (Lipinski definition) is 3. The number of carbonyl (C=O) groups is 3. The first-order valence-electron chi connectivity index (χ1n) is 20.5. The highest BCUT2D eigenvalue weighted by Gasteiger charge is 2.38. The molecular weight excluding hydrogens is 765 g/mol. The number of benzene rings is 3. The van der Waals surface area contributed by atoms with Gasteiger partial charge in [0.2, 0.25) is 18.2 Å². The number of nitrogens with zero attached hydrogens (tertiary/aromatic N) is 7. The number of aromatic nitrogens is 6. The molecule has 3 N–H and O–H groups in total. The van der Waals surface area contributed by atoms with Crippen molar-refractivity contribution in [1.82, 2.24) is 45.0 Å². The summed E-state index contributed by atoms with van der Waals surface area (Å²) >= 11 is 0. The summed E-state index contributed by atoms with van der Waals surface area (Å²) in [5, 5.41) is 3.60. The molecule has 0 bridgehead atoms. The highest BCUT2D eigenvalue weighted by atomic mass is 17.2. The predicted molar refractivity (Wildman–Crippen MR) is 226 cm³/mol. The van der Waals surface area contributed by atoms with Gasteiger partial charge in [-0.25, -0.2) is 29.7 Å². The number of hydrogen-bond acceptors (Lipinski definition) is 11. The largest absolute Gasteiger partial charge is 0.453 e. The number of methoxy groups -OCH3 is 1. The van der Waals surface area contributed by atoms with E-state index in [9.17, 15) is 14.4 Å². The topological polar surface area (TPSA) is 193 Å². The van der Waals surface area contributed by atoms with Crippen LogP contribution in [0.1, 0.15) is 77.1 Å².